The number of pyridine rings is 1. The quantitative estimate of drug-likeness (QED) is 0.633. The van der Waals surface area contributed by atoms with Crippen LogP contribution in [0.5, 0.6) is 0 Å². The molecule has 108 valence electrons. The van der Waals surface area contributed by atoms with Crippen LogP contribution in [0.3, 0.4) is 0 Å². The third-order valence-electron chi connectivity index (χ3n) is 3.33. The number of benzene rings is 1. The molecule has 21 heavy (non-hydrogen) atoms. The summed E-state index contributed by atoms with van der Waals surface area (Å²) >= 11 is 12.2. The second-order valence-electron chi connectivity index (χ2n) is 4.80. The van der Waals surface area contributed by atoms with E-state index in [1.165, 1.54) is 6.07 Å². The molecule has 0 fully saturated rings. The Morgan fingerprint density at radius 3 is 2.81 bits per heavy atom. The van der Waals surface area contributed by atoms with Crippen molar-refractivity contribution in [2.75, 3.05) is 0 Å². The van der Waals surface area contributed by atoms with Crippen molar-refractivity contribution >= 4 is 34.4 Å². The Hall–Kier alpha value is -1.65. The highest BCUT2D eigenvalue weighted by molar-refractivity contribution is 6.31. The topological polar surface area (TPSA) is 30.7 Å². The van der Waals surface area contributed by atoms with Gasteiger partial charge in [0.05, 0.1) is 16.1 Å². The zero-order chi connectivity index (χ0) is 15.1. The van der Waals surface area contributed by atoms with Crippen molar-refractivity contribution in [2.24, 2.45) is 0 Å². The van der Waals surface area contributed by atoms with E-state index in [2.05, 4.69) is 9.97 Å². The normalized spacial score (nSPS) is 12.8. The molecular formula is C15H12Cl2FN3. The van der Waals surface area contributed by atoms with Crippen LogP contribution in [-0.2, 0) is 0 Å². The average molecular weight is 324 g/mol. The van der Waals surface area contributed by atoms with Crippen molar-refractivity contribution in [2.45, 2.75) is 19.2 Å². The van der Waals surface area contributed by atoms with Crippen molar-refractivity contribution in [3.8, 4) is 5.69 Å². The number of alkyl halides is 1. The number of imidazole rings is 1. The van der Waals surface area contributed by atoms with Gasteiger partial charge in [-0.25, -0.2) is 14.4 Å². The van der Waals surface area contributed by atoms with E-state index in [1.807, 2.05) is 13.0 Å². The summed E-state index contributed by atoms with van der Waals surface area (Å²) in [5.41, 5.74) is 2.44. The van der Waals surface area contributed by atoms with Gasteiger partial charge in [-0.3, -0.25) is 4.57 Å². The van der Waals surface area contributed by atoms with Gasteiger partial charge in [0.2, 0.25) is 0 Å². The molecule has 3 nitrogen and oxygen atoms in total. The van der Waals surface area contributed by atoms with Crippen LogP contribution in [0.2, 0.25) is 5.02 Å². The molecule has 2 aromatic heterocycles. The Labute approximate surface area is 131 Å². The zero-order valence-corrected chi connectivity index (χ0v) is 13.0. The molecule has 1 unspecified atom stereocenters. The van der Waals surface area contributed by atoms with Crippen molar-refractivity contribution in [1.29, 1.82) is 0 Å². The fourth-order valence-electron chi connectivity index (χ4n) is 2.30. The molecule has 3 aromatic rings. The Morgan fingerprint density at radius 2 is 2.10 bits per heavy atom. The molecule has 0 aliphatic heterocycles. The Bertz CT molecular complexity index is 827. The van der Waals surface area contributed by atoms with Crippen LogP contribution in [0.1, 0.15) is 23.7 Å². The molecule has 0 radical (unpaired) electrons. The van der Waals surface area contributed by atoms with Crippen LogP contribution < -0.4 is 0 Å². The predicted molar refractivity (Wildman–Crippen MR) is 82.8 cm³/mol. The fraction of sp³-hybridized carbons (Fsp3) is 0.200. The molecule has 0 aliphatic rings. The molecule has 6 heteroatoms. The molecule has 0 bridgehead atoms. The van der Waals surface area contributed by atoms with E-state index in [-0.39, 0.29) is 11.2 Å². The van der Waals surface area contributed by atoms with Crippen LogP contribution >= 0.6 is 23.2 Å². The summed E-state index contributed by atoms with van der Waals surface area (Å²) in [5.74, 6) is 0.326. The third-order valence-corrected chi connectivity index (χ3v) is 3.73. The van der Waals surface area contributed by atoms with Crippen LogP contribution in [0.15, 0.2) is 30.5 Å². The Balaban J connectivity index is 2.39. The lowest BCUT2D eigenvalue weighted by Crippen LogP contribution is -2.05. The van der Waals surface area contributed by atoms with Gasteiger partial charge in [0.15, 0.2) is 5.65 Å². The Morgan fingerprint density at radius 1 is 1.33 bits per heavy atom. The predicted octanol–water partition coefficient (Wildman–Crippen LogP) is 4.82. The van der Waals surface area contributed by atoms with Gasteiger partial charge in [0, 0.05) is 11.8 Å². The van der Waals surface area contributed by atoms with Gasteiger partial charge >= 0.3 is 0 Å². The summed E-state index contributed by atoms with van der Waals surface area (Å²) in [4.78, 5) is 8.80. The van der Waals surface area contributed by atoms with Gasteiger partial charge < -0.3 is 0 Å². The molecule has 0 N–H and O–H groups in total. The fourth-order valence-corrected chi connectivity index (χ4v) is 2.60. The van der Waals surface area contributed by atoms with E-state index >= 15 is 0 Å². The maximum Gasteiger partial charge on any atom is 0.164 e. The van der Waals surface area contributed by atoms with Gasteiger partial charge in [-0.1, -0.05) is 17.7 Å². The largest absolute Gasteiger partial charge is 0.279 e. The van der Waals surface area contributed by atoms with Gasteiger partial charge in [0.1, 0.15) is 17.2 Å². The molecule has 1 atom stereocenters. The molecule has 0 spiro atoms. The van der Waals surface area contributed by atoms with Crippen molar-refractivity contribution in [3.05, 3.63) is 52.7 Å². The van der Waals surface area contributed by atoms with Crippen molar-refractivity contribution in [3.63, 3.8) is 0 Å². The summed E-state index contributed by atoms with van der Waals surface area (Å²) in [7, 11) is 0. The first-order valence-corrected chi connectivity index (χ1v) is 7.24. The first kappa shape index (κ1) is 14.3. The maximum absolute atomic E-state index is 13.9. The van der Waals surface area contributed by atoms with Gasteiger partial charge in [-0.2, -0.15) is 0 Å². The molecular weight excluding hydrogens is 312 g/mol. The summed E-state index contributed by atoms with van der Waals surface area (Å²) in [5, 5.41) is 0.150. The van der Waals surface area contributed by atoms with Crippen molar-refractivity contribution in [1.82, 2.24) is 14.5 Å². The molecule has 3 rings (SSSR count). The number of rotatable bonds is 2. The van der Waals surface area contributed by atoms with E-state index in [1.54, 1.807) is 29.8 Å². The molecule has 0 saturated carbocycles. The SMILES string of the molecule is Cc1c(F)cccc1-n1c(C(C)Cl)nc2cc(Cl)cnc21. The average Bonchev–Trinajstić information content (AvgIpc) is 2.80. The second kappa shape index (κ2) is 5.28. The zero-order valence-electron chi connectivity index (χ0n) is 11.4. The molecule has 0 saturated heterocycles. The van der Waals surface area contributed by atoms with E-state index < -0.39 is 0 Å². The van der Waals surface area contributed by atoms with Crippen molar-refractivity contribution < 1.29 is 4.39 Å². The molecule has 0 amide bonds. The molecule has 2 heterocycles. The summed E-state index contributed by atoms with van der Waals surface area (Å²) in [6, 6.07) is 6.62. The third kappa shape index (κ3) is 2.39. The lowest BCUT2D eigenvalue weighted by atomic mass is 10.2. The van der Waals surface area contributed by atoms with E-state index in [9.17, 15) is 4.39 Å². The number of hydrogen-bond acceptors (Lipinski definition) is 2. The van der Waals surface area contributed by atoms with Crippen LogP contribution in [0.4, 0.5) is 4.39 Å². The lowest BCUT2D eigenvalue weighted by molar-refractivity contribution is 0.616. The smallest absolute Gasteiger partial charge is 0.164 e. The minimum atomic E-state index is -0.347. The number of halogens is 3. The lowest BCUT2D eigenvalue weighted by Gasteiger charge is -2.13. The van der Waals surface area contributed by atoms with E-state index in [0.29, 0.717) is 33.3 Å². The first-order chi connectivity index (χ1) is 9.99. The monoisotopic (exact) mass is 323 g/mol. The van der Waals surface area contributed by atoms with Gasteiger partial charge in [-0.15, -0.1) is 11.6 Å². The summed E-state index contributed by atoms with van der Waals surface area (Å²) in [6.07, 6.45) is 1.54. The highest BCUT2D eigenvalue weighted by Gasteiger charge is 2.19. The first-order valence-electron chi connectivity index (χ1n) is 6.42. The minimum absolute atomic E-state index is 0.281. The number of hydrogen-bond donors (Lipinski definition) is 0. The number of aromatic nitrogens is 3. The summed E-state index contributed by atoms with van der Waals surface area (Å²) < 4.78 is 15.6. The van der Waals surface area contributed by atoms with Gasteiger partial charge in [-0.05, 0) is 32.0 Å². The minimum Gasteiger partial charge on any atom is -0.279 e. The Kier molecular flexibility index (Phi) is 3.59. The van der Waals surface area contributed by atoms with Crippen LogP contribution in [0.25, 0.3) is 16.9 Å². The standard InChI is InChI=1S/C15H12Cl2FN3/c1-8-11(18)4-3-5-13(8)21-14(9(2)16)20-12-6-10(17)7-19-15(12)21/h3-7,9H,1-2H3. The number of nitrogens with zero attached hydrogens (tertiary/aromatic N) is 3. The van der Waals surface area contributed by atoms with E-state index in [0.717, 1.165) is 0 Å². The van der Waals surface area contributed by atoms with E-state index in [4.69, 9.17) is 23.2 Å². The highest BCUT2D eigenvalue weighted by Crippen LogP contribution is 2.30. The van der Waals surface area contributed by atoms with Crippen LogP contribution in [-0.4, -0.2) is 14.5 Å². The maximum atomic E-state index is 13.9. The highest BCUT2D eigenvalue weighted by atomic mass is 35.5. The summed E-state index contributed by atoms with van der Waals surface area (Å²) in [6.45, 7) is 3.53. The molecule has 0 aliphatic carbocycles. The molecule has 1 aromatic carbocycles. The van der Waals surface area contributed by atoms with Gasteiger partial charge in [0.25, 0.3) is 0 Å². The second-order valence-corrected chi connectivity index (χ2v) is 5.89. The number of fused-ring (bicyclic) bond motifs is 1. The van der Waals surface area contributed by atoms with Crippen LogP contribution in [0, 0.1) is 12.7 Å².